The molecule has 0 aliphatic rings. The van der Waals surface area contributed by atoms with E-state index in [4.69, 9.17) is 8.94 Å². The van der Waals surface area contributed by atoms with Crippen molar-refractivity contribution in [1.82, 2.24) is 29.8 Å². The maximum absolute atomic E-state index is 12.9. The Labute approximate surface area is 187 Å². The molecule has 0 bridgehead atoms. The third-order valence-corrected chi connectivity index (χ3v) is 5.34. The monoisotopic (exact) mass is 444 g/mol. The number of carbonyl (C=O) groups excluding carboxylic acids is 1. The predicted molar refractivity (Wildman–Crippen MR) is 119 cm³/mol. The minimum Gasteiger partial charge on any atom is -0.461 e. The van der Waals surface area contributed by atoms with Crippen molar-refractivity contribution < 1.29 is 13.7 Å². The Balaban J connectivity index is 1.25. The van der Waals surface area contributed by atoms with Gasteiger partial charge in [0.15, 0.2) is 17.1 Å². The Kier molecular flexibility index (Phi) is 5.31. The topological polar surface area (TPSA) is 121 Å². The number of aromatic nitrogens is 5. The molecule has 4 aromatic heterocycles. The van der Waals surface area contributed by atoms with E-state index in [1.807, 2.05) is 31.2 Å². The second kappa shape index (κ2) is 8.58. The van der Waals surface area contributed by atoms with Gasteiger partial charge in [0, 0.05) is 12.6 Å². The highest BCUT2D eigenvalue weighted by atomic mass is 16.5. The smallest absolute Gasteiger partial charge is 0.273 e. The Bertz CT molecular complexity index is 1480. The summed E-state index contributed by atoms with van der Waals surface area (Å²) >= 11 is 0. The number of rotatable bonds is 7. The number of hydrogen-bond donors (Lipinski definition) is 1. The lowest BCUT2D eigenvalue weighted by atomic mass is 10.1. The van der Waals surface area contributed by atoms with Gasteiger partial charge in [0.25, 0.3) is 11.5 Å². The molecule has 0 unspecified atom stereocenters. The van der Waals surface area contributed by atoms with Crippen LogP contribution in [0.5, 0.6) is 0 Å². The van der Waals surface area contributed by atoms with Gasteiger partial charge in [-0.1, -0.05) is 29.4 Å². The maximum atomic E-state index is 12.9. The molecule has 33 heavy (non-hydrogen) atoms. The van der Waals surface area contributed by atoms with Crippen molar-refractivity contribution in [3.8, 4) is 11.5 Å². The molecule has 0 aliphatic carbocycles. The summed E-state index contributed by atoms with van der Waals surface area (Å²) in [5.74, 6) is 0.472. The first-order valence-electron chi connectivity index (χ1n) is 10.3. The van der Waals surface area contributed by atoms with Gasteiger partial charge in [-0.15, -0.1) is 0 Å². The van der Waals surface area contributed by atoms with Crippen molar-refractivity contribution in [2.75, 3.05) is 6.54 Å². The number of carbonyl (C=O) groups is 1. The number of nitrogens with zero attached hydrogens (tertiary/aromatic N) is 5. The summed E-state index contributed by atoms with van der Waals surface area (Å²) in [5.41, 5.74) is 2.62. The number of aryl methyl sites for hydroxylation is 1. The summed E-state index contributed by atoms with van der Waals surface area (Å²) < 4.78 is 13.5. The fourth-order valence-corrected chi connectivity index (χ4v) is 3.53. The highest BCUT2D eigenvalue weighted by Crippen LogP contribution is 2.20. The van der Waals surface area contributed by atoms with Crippen LogP contribution in [-0.4, -0.2) is 36.9 Å². The molecular formula is C23H20N6O4. The number of nitrogens with one attached hydrogen (secondary N) is 1. The summed E-state index contributed by atoms with van der Waals surface area (Å²) in [6.07, 6.45) is 4.55. The molecule has 0 fully saturated rings. The van der Waals surface area contributed by atoms with E-state index >= 15 is 0 Å². The molecule has 166 valence electrons. The average molecular weight is 444 g/mol. The lowest BCUT2D eigenvalue weighted by molar-refractivity contribution is 0.0943. The fraction of sp³-hybridized carbons (Fsp3) is 0.174. The van der Waals surface area contributed by atoms with Gasteiger partial charge in [-0.05, 0) is 30.2 Å². The molecule has 10 nitrogen and oxygen atoms in total. The molecule has 5 rings (SSSR count). The van der Waals surface area contributed by atoms with Gasteiger partial charge < -0.3 is 14.3 Å². The van der Waals surface area contributed by atoms with Gasteiger partial charge in [0.05, 0.1) is 25.5 Å². The van der Waals surface area contributed by atoms with Crippen LogP contribution in [0.25, 0.3) is 22.6 Å². The van der Waals surface area contributed by atoms with E-state index < -0.39 is 0 Å². The van der Waals surface area contributed by atoms with Gasteiger partial charge in [0.2, 0.25) is 5.76 Å². The van der Waals surface area contributed by atoms with E-state index in [9.17, 15) is 9.59 Å². The van der Waals surface area contributed by atoms with Gasteiger partial charge in [0.1, 0.15) is 11.7 Å². The third-order valence-electron chi connectivity index (χ3n) is 5.34. The van der Waals surface area contributed by atoms with Crippen LogP contribution in [0.2, 0.25) is 0 Å². The Morgan fingerprint density at radius 3 is 2.85 bits per heavy atom. The summed E-state index contributed by atoms with van der Waals surface area (Å²) in [6, 6.07) is 12.9. The van der Waals surface area contributed by atoms with Gasteiger partial charge in [-0.3, -0.25) is 14.2 Å². The van der Waals surface area contributed by atoms with E-state index in [2.05, 4.69) is 20.6 Å². The zero-order chi connectivity index (χ0) is 22.8. The standard InChI is InChI=1S/C23H20N6O4/c1-15-5-2-3-6-16(15)13-28-14-25-21-17(23(28)31)12-26-29(21)9-8-24-22(30)18-11-20(33-27-18)19-7-4-10-32-19/h2-7,10-12,14H,8-9,13H2,1H3,(H,24,30). The summed E-state index contributed by atoms with van der Waals surface area (Å²) in [4.78, 5) is 29.7. The molecule has 0 saturated heterocycles. The van der Waals surface area contributed by atoms with E-state index in [1.54, 1.807) is 21.4 Å². The highest BCUT2D eigenvalue weighted by Gasteiger charge is 2.16. The van der Waals surface area contributed by atoms with Crippen molar-refractivity contribution in [1.29, 1.82) is 0 Å². The highest BCUT2D eigenvalue weighted by molar-refractivity contribution is 5.92. The van der Waals surface area contributed by atoms with Crippen LogP contribution in [0.15, 0.2) is 75.0 Å². The van der Waals surface area contributed by atoms with E-state index in [-0.39, 0.29) is 23.7 Å². The quantitative estimate of drug-likeness (QED) is 0.410. The molecule has 1 amide bonds. The Morgan fingerprint density at radius 1 is 1.15 bits per heavy atom. The minimum atomic E-state index is -0.387. The number of fused-ring (bicyclic) bond motifs is 1. The van der Waals surface area contributed by atoms with Crippen LogP contribution in [0, 0.1) is 6.92 Å². The number of benzene rings is 1. The van der Waals surface area contributed by atoms with Crippen LogP contribution >= 0.6 is 0 Å². The average Bonchev–Trinajstić information content (AvgIpc) is 3.58. The van der Waals surface area contributed by atoms with Crippen molar-refractivity contribution in [2.24, 2.45) is 0 Å². The summed E-state index contributed by atoms with van der Waals surface area (Å²) in [7, 11) is 0. The lowest BCUT2D eigenvalue weighted by Crippen LogP contribution is -2.28. The molecule has 4 heterocycles. The van der Waals surface area contributed by atoms with Crippen molar-refractivity contribution in [2.45, 2.75) is 20.0 Å². The molecular weight excluding hydrogens is 424 g/mol. The van der Waals surface area contributed by atoms with Crippen molar-refractivity contribution in [3.05, 3.63) is 88.4 Å². The lowest BCUT2D eigenvalue weighted by Gasteiger charge is -2.09. The van der Waals surface area contributed by atoms with E-state index in [0.29, 0.717) is 35.6 Å². The summed E-state index contributed by atoms with van der Waals surface area (Å²) in [6.45, 7) is 3.06. The zero-order valence-corrected chi connectivity index (χ0v) is 17.8. The normalized spacial score (nSPS) is 11.2. The van der Waals surface area contributed by atoms with Crippen LogP contribution < -0.4 is 10.9 Å². The zero-order valence-electron chi connectivity index (χ0n) is 17.8. The molecule has 1 aromatic carbocycles. The van der Waals surface area contributed by atoms with Crippen LogP contribution in [0.4, 0.5) is 0 Å². The van der Waals surface area contributed by atoms with Gasteiger partial charge in [-0.2, -0.15) is 5.10 Å². The predicted octanol–water partition coefficient (Wildman–Crippen LogP) is 2.63. The van der Waals surface area contributed by atoms with Crippen LogP contribution in [0.3, 0.4) is 0 Å². The molecule has 0 radical (unpaired) electrons. The third kappa shape index (κ3) is 4.05. The number of furan rings is 1. The van der Waals surface area contributed by atoms with Gasteiger partial charge >= 0.3 is 0 Å². The van der Waals surface area contributed by atoms with Gasteiger partial charge in [-0.25, -0.2) is 9.67 Å². The molecule has 0 spiro atoms. The largest absolute Gasteiger partial charge is 0.461 e. The number of amides is 1. The second-order valence-corrected chi connectivity index (χ2v) is 7.52. The van der Waals surface area contributed by atoms with Crippen LogP contribution in [0.1, 0.15) is 21.6 Å². The molecule has 1 N–H and O–H groups in total. The van der Waals surface area contributed by atoms with Crippen LogP contribution in [-0.2, 0) is 13.1 Å². The summed E-state index contributed by atoms with van der Waals surface area (Å²) in [5, 5.41) is 11.2. The molecule has 10 heteroatoms. The first-order valence-corrected chi connectivity index (χ1v) is 10.3. The first kappa shape index (κ1) is 20.4. The molecule has 0 atom stereocenters. The minimum absolute atomic E-state index is 0.143. The molecule has 0 aliphatic heterocycles. The maximum Gasteiger partial charge on any atom is 0.273 e. The van der Waals surface area contributed by atoms with Crippen molar-refractivity contribution >= 4 is 16.9 Å². The van der Waals surface area contributed by atoms with E-state index in [0.717, 1.165) is 11.1 Å². The SMILES string of the molecule is Cc1ccccc1Cn1cnc2c(cnn2CCNC(=O)c2cc(-c3ccco3)on2)c1=O. The Morgan fingerprint density at radius 2 is 2.03 bits per heavy atom. The fourth-order valence-electron chi connectivity index (χ4n) is 3.53. The van der Waals surface area contributed by atoms with Crippen molar-refractivity contribution in [3.63, 3.8) is 0 Å². The Hall–Kier alpha value is -4.47. The second-order valence-electron chi connectivity index (χ2n) is 7.52. The first-order chi connectivity index (χ1) is 16.1. The molecule has 5 aromatic rings. The number of hydrogen-bond acceptors (Lipinski definition) is 7. The van der Waals surface area contributed by atoms with E-state index in [1.165, 1.54) is 24.9 Å². The molecule has 0 saturated carbocycles.